The van der Waals surface area contributed by atoms with Crippen molar-refractivity contribution >= 4 is 44.1 Å². The van der Waals surface area contributed by atoms with E-state index in [-0.39, 0.29) is 17.4 Å². The van der Waals surface area contributed by atoms with Crippen molar-refractivity contribution in [3.05, 3.63) is 101 Å². The van der Waals surface area contributed by atoms with Crippen LogP contribution in [0.5, 0.6) is 11.5 Å². The Hall–Kier alpha value is -4.43. The predicted molar refractivity (Wildman–Crippen MR) is 156 cm³/mol. The number of ether oxygens (including phenoxy) is 2. The molecule has 3 aromatic carbocycles. The molecule has 0 aliphatic carbocycles. The number of aromatic nitrogens is 1. The van der Waals surface area contributed by atoms with Crippen LogP contribution in [0.1, 0.15) is 40.8 Å². The summed E-state index contributed by atoms with van der Waals surface area (Å²) in [5.74, 6) is -0.333. The average Bonchev–Trinajstić information content (AvgIpc) is 3.60. The molecule has 4 aromatic rings. The van der Waals surface area contributed by atoms with Crippen LogP contribution in [-0.4, -0.2) is 34.5 Å². The van der Waals surface area contributed by atoms with Crippen LogP contribution in [0, 0.1) is 13.8 Å². The van der Waals surface area contributed by atoms with Gasteiger partial charge in [-0.3, -0.25) is 14.5 Å². The lowest BCUT2D eigenvalue weighted by atomic mass is 9.94. The topological polar surface area (TPSA) is 89.0 Å². The van der Waals surface area contributed by atoms with Gasteiger partial charge in [0.1, 0.15) is 30.0 Å². The van der Waals surface area contributed by atoms with Gasteiger partial charge in [0.25, 0.3) is 5.78 Å². The second-order valence-electron chi connectivity index (χ2n) is 10.2. The monoisotopic (exact) mass is 552 g/mol. The number of aliphatic hydroxyl groups excluding tert-OH is 1. The van der Waals surface area contributed by atoms with Crippen LogP contribution in [0.4, 0.5) is 5.13 Å². The number of benzene rings is 3. The van der Waals surface area contributed by atoms with Crippen molar-refractivity contribution in [1.29, 1.82) is 0 Å². The van der Waals surface area contributed by atoms with Gasteiger partial charge in [0.2, 0.25) is 0 Å². The molecule has 0 unspecified atom stereocenters. The van der Waals surface area contributed by atoms with Gasteiger partial charge in [0.15, 0.2) is 5.13 Å². The van der Waals surface area contributed by atoms with Crippen molar-refractivity contribution in [3.63, 3.8) is 0 Å². The molecule has 2 aliphatic rings. The van der Waals surface area contributed by atoms with Gasteiger partial charge in [-0.25, -0.2) is 4.98 Å². The smallest absolute Gasteiger partial charge is 0.301 e. The van der Waals surface area contributed by atoms with E-state index in [1.54, 1.807) is 42.5 Å². The van der Waals surface area contributed by atoms with E-state index in [1.807, 2.05) is 39.0 Å². The summed E-state index contributed by atoms with van der Waals surface area (Å²) in [6, 6.07) is 15.7. The largest absolute Gasteiger partial charge is 0.507 e. The molecule has 1 fully saturated rings. The van der Waals surface area contributed by atoms with Gasteiger partial charge in [-0.1, -0.05) is 42.2 Å². The highest BCUT2D eigenvalue weighted by Gasteiger charge is 2.48. The first-order chi connectivity index (χ1) is 19.2. The SMILES string of the molecule is C=CCOc1ccc([C@@H]2C(=C(O)c3ccc4c(c3)C[C@@H](C)O4)C(=O)C(=O)N2c2nc3c(C)cc(C)cc3s2)cc1. The number of hydrogen-bond acceptors (Lipinski definition) is 7. The first kappa shape index (κ1) is 25.8. The van der Waals surface area contributed by atoms with Crippen molar-refractivity contribution in [2.45, 2.75) is 39.3 Å². The summed E-state index contributed by atoms with van der Waals surface area (Å²) in [6.45, 7) is 9.99. The Morgan fingerprint density at radius 1 is 1.18 bits per heavy atom. The molecule has 2 aliphatic heterocycles. The average molecular weight is 553 g/mol. The minimum absolute atomic E-state index is 0.0174. The van der Waals surface area contributed by atoms with Crippen molar-refractivity contribution in [2.24, 2.45) is 0 Å². The third-order valence-electron chi connectivity index (χ3n) is 7.20. The Bertz CT molecular complexity index is 1720. The number of fused-ring (bicyclic) bond motifs is 2. The quantitative estimate of drug-likeness (QED) is 0.128. The number of anilines is 1. The van der Waals surface area contributed by atoms with Crippen LogP contribution in [-0.2, 0) is 16.0 Å². The second kappa shape index (κ2) is 9.95. The number of rotatable bonds is 6. The first-order valence-electron chi connectivity index (χ1n) is 13.1. The van der Waals surface area contributed by atoms with E-state index < -0.39 is 17.7 Å². The minimum atomic E-state index is -0.876. The maximum absolute atomic E-state index is 13.6. The molecule has 8 heteroatoms. The fraction of sp³-hybridized carbons (Fsp3) is 0.219. The van der Waals surface area contributed by atoms with Crippen molar-refractivity contribution in [1.82, 2.24) is 4.98 Å². The summed E-state index contributed by atoms with van der Waals surface area (Å²) in [7, 11) is 0. The molecule has 6 rings (SSSR count). The van der Waals surface area contributed by atoms with E-state index in [0.717, 1.165) is 32.7 Å². The Balaban J connectivity index is 1.51. The molecule has 1 amide bonds. The minimum Gasteiger partial charge on any atom is -0.507 e. The van der Waals surface area contributed by atoms with Crippen molar-refractivity contribution in [2.75, 3.05) is 11.5 Å². The van der Waals surface area contributed by atoms with Gasteiger partial charge in [0.05, 0.1) is 21.8 Å². The number of carbonyl (C=O) groups excluding carboxylic acids is 2. The summed E-state index contributed by atoms with van der Waals surface area (Å²) >= 11 is 1.35. The zero-order chi connectivity index (χ0) is 28.1. The third-order valence-corrected chi connectivity index (χ3v) is 8.20. The Kier molecular flexibility index (Phi) is 6.43. The van der Waals surface area contributed by atoms with Crippen molar-refractivity contribution in [3.8, 4) is 11.5 Å². The van der Waals surface area contributed by atoms with E-state index in [0.29, 0.717) is 35.0 Å². The number of Topliss-reactive ketones (excluding diaryl/α,β-unsaturated/α-hetero) is 1. The normalized spacial score (nSPS) is 19.6. The molecule has 0 radical (unpaired) electrons. The van der Waals surface area contributed by atoms with Gasteiger partial charge in [0, 0.05) is 12.0 Å². The number of carbonyl (C=O) groups is 2. The van der Waals surface area contributed by atoms with E-state index in [1.165, 1.54) is 16.2 Å². The summed E-state index contributed by atoms with van der Waals surface area (Å²) in [6.07, 6.45) is 2.39. The molecular weight excluding hydrogens is 524 g/mol. The molecule has 40 heavy (non-hydrogen) atoms. The maximum atomic E-state index is 13.6. The summed E-state index contributed by atoms with van der Waals surface area (Å²) in [5, 5.41) is 12.0. The standard InChI is InChI=1S/C32H28N2O5S/c1-5-12-38-23-9-6-20(7-10-23)28-26(29(35)21-8-11-24-22(16-21)15-19(4)39-24)30(36)31(37)34(28)32-33-27-18(3)13-17(2)14-25(27)40-32/h5-11,13-14,16,19,28,35H,1,12,15H2,2-4H3/t19-,28-/m1/s1. The lowest BCUT2D eigenvalue weighted by molar-refractivity contribution is -0.132. The van der Waals surface area contributed by atoms with Gasteiger partial charge in [-0.05, 0) is 79.4 Å². The van der Waals surface area contributed by atoms with Crippen LogP contribution in [0.15, 0.2) is 72.8 Å². The second-order valence-corrected chi connectivity index (χ2v) is 11.2. The molecular formula is C32H28N2O5S. The van der Waals surface area contributed by atoms with Gasteiger partial charge in [-0.15, -0.1) is 0 Å². The maximum Gasteiger partial charge on any atom is 0.301 e. The number of hydrogen-bond donors (Lipinski definition) is 1. The fourth-order valence-corrected chi connectivity index (χ4v) is 6.60. The predicted octanol–water partition coefficient (Wildman–Crippen LogP) is 6.43. The van der Waals surface area contributed by atoms with Crippen LogP contribution in [0.3, 0.4) is 0 Å². The van der Waals surface area contributed by atoms with Crippen LogP contribution < -0.4 is 14.4 Å². The zero-order valence-electron chi connectivity index (χ0n) is 22.4. The lowest BCUT2D eigenvalue weighted by Gasteiger charge is -2.23. The number of nitrogens with zero attached hydrogens (tertiary/aromatic N) is 2. The first-order valence-corrected chi connectivity index (χ1v) is 13.9. The third kappa shape index (κ3) is 4.34. The summed E-state index contributed by atoms with van der Waals surface area (Å²) in [5.41, 5.74) is 4.94. The summed E-state index contributed by atoms with van der Waals surface area (Å²) in [4.78, 5) is 33.5. The number of ketones is 1. The molecule has 7 nitrogen and oxygen atoms in total. The van der Waals surface area contributed by atoms with E-state index in [2.05, 4.69) is 6.58 Å². The molecule has 0 spiro atoms. The number of thiazole rings is 1. The Morgan fingerprint density at radius 2 is 1.95 bits per heavy atom. The molecule has 1 N–H and O–H groups in total. The number of aliphatic hydroxyl groups is 1. The highest BCUT2D eigenvalue weighted by Crippen LogP contribution is 2.45. The van der Waals surface area contributed by atoms with Crippen molar-refractivity contribution < 1.29 is 24.2 Å². The Morgan fingerprint density at radius 3 is 2.70 bits per heavy atom. The highest BCUT2D eigenvalue weighted by molar-refractivity contribution is 7.22. The molecule has 0 saturated carbocycles. The van der Waals surface area contributed by atoms with E-state index >= 15 is 0 Å². The molecule has 0 bridgehead atoms. The summed E-state index contributed by atoms with van der Waals surface area (Å²) < 4.78 is 12.4. The number of aryl methyl sites for hydroxylation is 2. The molecule has 202 valence electrons. The van der Waals surface area contributed by atoms with Crippen LogP contribution in [0.25, 0.3) is 16.0 Å². The molecule has 1 saturated heterocycles. The lowest BCUT2D eigenvalue weighted by Crippen LogP contribution is -2.29. The van der Waals surface area contributed by atoms with E-state index in [9.17, 15) is 14.7 Å². The highest BCUT2D eigenvalue weighted by atomic mass is 32.1. The van der Waals surface area contributed by atoms with E-state index in [4.69, 9.17) is 14.5 Å². The van der Waals surface area contributed by atoms with Gasteiger partial charge >= 0.3 is 5.91 Å². The molecule has 1 aromatic heterocycles. The molecule has 3 heterocycles. The number of amides is 1. The zero-order valence-corrected chi connectivity index (χ0v) is 23.2. The molecule has 2 atom stereocenters. The van der Waals surface area contributed by atoms with Gasteiger partial charge < -0.3 is 14.6 Å². The fourth-order valence-electron chi connectivity index (χ4n) is 5.43. The van der Waals surface area contributed by atoms with Crippen LogP contribution >= 0.6 is 11.3 Å². The van der Waals surface area contributed by atoms with Crippen LogP contribution in [0.2, 0.25) is 0 Å². The Labute approximate surface area is 236 Å². The van der Waals surface area contributed by atoms with Gasteiger partial charge in [-0.2, -0.15) is 0 Å².